The van der Waals surface area contributed by atoms with Crippen LogP contribution < -0.4 is 5.32 Å². The molecule has 4 aromatic carbocycles. The van der Waals surface area contributed by atoms with Gasteiger partial charge in [0.1, 0.15) is 11.3 Å². The molecule has 0 unspecified atom stereocenters. The van der Waals surface area contributed by atoms with E-state index in [2.05, 4.69) is 21.5 Å². The van der Waals surface area contributed by atoms with E-state index >= 15 is 0 Å². The Morgan fingerprint density at radius 2 is 1.68 bits per heavy atom. The number of hydrogen-bond donors (Lipinski definition) is 2. The lowest BCUT2D eigenvalue weighted by molar-refractivity contribution is 0.0696. The van der Waals surface area contributed by atoms with Crippen molar-refractivity contribution in [3.63, 3.8) is 0 Å². The van der Waals surface area contributed by atoms with Crippen molar-refractivity contribution >= 4 is 33.7 Å². The lowest BCUT2D eigenvalue weighted by Gasteiger charge is -2.16. The number of carbonyl (C=O) groups excluding carboxylic acids is 1. The third kappa shape index (κ3) is 4.92. The molecule has 6 aromatic rings. The van der Waals surface area contributed by atoms with Crippen LogP contribution in [-0.4, -0.2) is 27.1 Å². The number of nitrogens with one attached hydrogen (secondary N) is 1. The first-order chi connectivity index (χ1) is 19.5. The van der Waals surface area contributed by atoms with Crippen molar-refractivity contribution in [3.8, 4) is 11.1 Å². The van der Waals surface area contributed by atoms with Gasteiger partial charge in [-0.15, -0.1) is 0 Å². The smallest absolute Gasteiger partial charge is 0.335 e. The van der Waals surface area contributed by atoms with Gasteiger partial charge in [0.05, 0.1) is 28.1 Å². The standard InChI is InChI=1S/C33H25N3O4/c1-20(22-10-12-24(13-11-22)33(38)39)35-32(37)27-18-26(23-6-3-2-4-7-23)19-29-31(27)30(40-36-29)17-21-9-14-28-25(16-21)8-5-15-34-28/h2-16,18-20H,17H2,1H3,(H,35,37)(H,38,39)/t20-/m0/s1. The molecule has 1 amide bonds. The number of aromatic carboxylic acids is 1. The average molecular weight is 528 g/mol. The van der Waals surface area contributed by atoms with Crippen LogP contribution in [0.1, 0.15) is 50.6 Å². The number of carboxylic acids is 1. The number of amides is 1. The predicted octanol–water partition coefficient (Wildman–Crippen LogP) is 6.82. The molecule has 0 aliphatic rings. The van der Waals surface area contributed by atoms with Crippen molar-refractivity contribution in [1.29, 1.82) is 0 Å². The molecule has 0 saturated carbocycles. The highest BCUT2D eigenvalue weighted by molar-refractivity contribution is 6.09. The molecule has 0 saturated heterocycles. The van der Waals surface area contributed by atoms with Gasteiger partial charge < -0.3 is 14.9 Å². The molecule has 1 atom stereocenters. The maximum Gasteiger partial charge on any atom is 0.335 e. The molecule has 0 fully saturated rings. The summed E-state index contributed by atoms with van der Waals surface area (Å²) in [4.78, 5) is 29.4. The number of hydrogen-bond acceptors (Lipinski definition) is 5. The molecular formula is C33H25N3O4. The van der Waals surface area contributed by atoms with Gasteiger partial charge >= 0.3 is 5.97 Å². The SMILES string of the molecule is C[C@H](NC(=O)c1cc(-c2ccccc2)cc2noc(Cc3ccc4ncccc4c3)c12)c1ccc(C(=O)O)cc1. The third-order valence-corrected chi connectivity index (χ3v) is 7.04. The van der Waals surface area contributed by atoms with Gasteiger partial charge in [-0.3, -0.25) is 9.78 Å². The molecule has 0 aliphatic heterocycles. The van der Waals surface area contributed by atoms with E-state index in [-0.39, 0.29) is 17.5 Å². The highest BCUT2D eigenvalue weighted by Gasteiger charge is 2.22. The minimum Gasteiger partial charge on any atom is -0.478 e. The van der Waals surface area contributed by atoms with Gasteiger partial charge in [0.25, 0.3) is 5.91 Å². The number of benzene rings is 4. The molecule has 2 heterocycles. The molecule has 2 aromatic heterocycles. The van der Waals surface area contributed by atoms with Crippen molar-refractivity contribution in [3.05, 3.63) is 131 Å². The summed E-state index contributed by atoms with van der Waals surface area (Å²) in [5.41, 5.74) is 5.79. The summed E-state index contributed by atoms with van der Waals surface area (Å²) in [6.45, 7) is 1.86. The second kappa shape index (κ2) is 10.5. The minimum atomic E-state index is -0.994. The summed E-state index contributed by atoms with van der Waals surface area (Å²) in [6, 6.07) is 29.7. The zero-order chi connectivity index (χ0) is 27.6. The van der Waals surface area contributed by atoms with Crippen molar-refractivity contribution in [2.24, 2.45) is 0 Å². The lowest BCUT2D eigenvalue weighted by atomic mass is 9.96. The fourth-order valence-electron chi connectivity index (χ4n) is 4.93. The summed E-state index contributed by atoms with van der Waals surface area (Å²) >= 11 is 0. The third-order valence-electron chi connectivity index (χ3n) is 7.04. The largest absolute Gasteiger partial charge is 0.478 e. The van der Waals surface area contributed by atoms with Gasteiger partial charge in [-0.05, 0) is 71.6 Å². The Morgan fingerprint density at radius 3 is 2.45 bits per heavy atom. The van der Waals surface area contributed by atoms with Gasteiger partial charge in [-0.1, -0.05) is 59.8 Å². The van der Waals surface area contributed by atoms with E-state index < -0.39 is 5.97 Å². The number of carboxylic acid groups (broad SMARTS) is 1. The van der Waals surface area contributed by atoms with Gasteiger partial charge in [0.15, 0.2) is 0 Å². The van der Waals surface area contributed by atoms with E-state index in [1.165, 1.54) is 12.1 Å². The first-order valence-corrected chi connectivity index (χ1v) is 12.9. The van der Waals surface area contributed by atoms with Crippen LogP contribution in [0.4, 0.5) is 0 Å². The molecule has 7 heteroatoms. The van der Waals surface area contributed by atoms with Gasteiger partial charge in [0.2, 0.25) is 0 Å². The molecule has 0 spiro atoms. The molecule has 0 aliphatic carbocycles. The van der Waals surface area contributed by atoms with Gasteiger partial charge in [-0.2, -0.15) is 0 Å². The summed E-state index contributed by atoms with van der Waals surface area (Å²) in [7, 11) is 0. The zero-order valence-electron chi connectivity index (χ0n) is 21.7. The molecule has 6 rings (SSSR count). The fraction of sp³-hybridized carbons (Fsp3) is 0.0909. The highest BCUT2D eigenvalue weighted by Crippen LogP contribution is 2.32. The topological polar surface area (TPSA) is 105 Å². The normalized spacial score (nSPS) is 11.9. The van der Waals surface area contributed by atoms with E-state index in [1.54, 1.807) is 18.3 Å². The van der Waals surface area contributed by atoms with Crippen molar-refractivity contribution in [1.82, 2.24) is 15.5 Å². The number of carbonyl (C=O) groups is 2. The van der Waals surface area contributed by atoms with E-state index in [9.17, 15) is 14.7 Å². The molecule has 7 nitrogen and oxygen atoms in total. The lowest BCUT2D eigenvalue weighted by Crippen LogP contribution is -2.27. The second-order valence-electron chi connectivity index (χ2n) is 9.72. The van der Waals surface area contributed by atoms with Crippen LogP contribution >= 0.6 is 0 Å². The quantitative estimate of drug-likeness (QED) is 0.236. The summed E-state index contributed by atoms with van der Waals surface area (Å²) in [6.07, 6.45) is 2.22. The monoisotopic (exact) mass is 527 g/mol. The molecule has 0 radical (unpaired) electrons. The fourth-order valence-corrected chi connectivity index (χ4v) is 4.93. The zero-order valence-corrected chi connectivity index (χ0v) is 21.7. The highest BCUT2D eigenvalue weighted by atomic mass is 16.5. The van der Waals surface area contributed by atoms with Crippen LogP contribution in [0.25, 0.3) is 32.9 Å². The van der Waals surface area contributed by atoms with Gasteiger partial charge in [-0.25, -0.2) is 4.79 Å². The molecule has 2 N–H and O–H groups in total. The number of pyridine rings is 1. The van der Waals surface area contributed by atoms with Crippen LogP contribution in [0.5, 0.6) is 0 Å². The predicted molar refractivity (Wildman–Crippen MR) is 153 cm³/mol. The molecule has 196 valence electrons. The summed E-state index contributed by atoms with van der Waals surface area (Å²) in [5, 5.41) is 18.3. The maximum atomic E-state index is 13.8. The van der Waals surface area contributed by atoms with E-state index in [0.717, 1.165) is 33.2 Å². The number of aromatic nitrogens is 2. The average Bonchev–Trinajstić information content (AvgIpc) is 3.39. The van der Waals surface area contributed by atoms with Gasteiger partial charge in [0, 0.05) is 18.0 Å². The van der Waals surface area contributed by atoms with Crippen LogP contribution in [0.15, 0.2) is 108 Å². The molecule has 0 bridgehead atoms. The van der Waals surface area contributed by atoms with Crippen LogP contribution in [0.2, 0.25) is 0 Å². The molecule has 40 heavy (non-hydrogen) atoms. The Kier molecular flexibility index (Phi) is 6.54. The summed E-state index contributed by atoms with van der Waals surface area (Å²) in [5.74, 6) is -0.669. The second-order valence-corrected chi connectivity index (χ2v) is 9.72. The van der Waals surface area contributed by atoms with E-state index in [4.69, 9.17) is 4.52 Å². The summed E-state index contributed by atoms with van der Waals surface area (Å²) < 4.78 is 5.84. The first kappa shape index (κ1) is 25.0. The van der Waals surface area contributed by atoms with Crippen molar-refractivity contribution in [2.45, 2.75) is 19.4 Å². The Balaban J connectivity index is 1.39. The van der Waals surface area contributed by atoms with Crippen molar-refractivity contribution < 1.29 is 19.2 Å². The minimum absolute atomic E-state index is 0.193. The Hall–Kier alpha value is -5.30. The molecular weight excluding hydrogens is 502 g/mol. The van der Waals surface area contributed by atoms with E-state index in [0.29, 0.717) is 28.6 Å². The maximum absolute atomic E-state index is 13.8. The Labute approximate surface area is 230 Å². The van der Waals surface area contributed by atoms with Crippen LogP contribution in [-0.2, 0) is 6.42 Å². The number of rotatable bonds is 7. The van der Waals surface area contributed by atoms with Crippen LogP contribution in [0, 0.1) is 0 Å². The Bertz CT molecular complexity index is 1860. The number of nitrogens with zero attached hydrogens (tertiary/aromatic N) is 2. The van der Waals surface area contributed by atoms with E-state index in [1.807, 2.05) is 73.7 Å². The first-order valence-electron chi connectivity index (χ1n) is 12.9. The number of fused-ring (bicyclic) bond motifs is 2. The Morgan fingerprint density at radius 1 is 0.875 bits per heavy atom. The van der Waals surface area contributed by atoms with Crippen LogP contribution in [0.3, 0.4) is 0 Å². The van der Waals surface area contributed by atoms with Crippen molar-refractivity contribution in [2.75, 3.05) is 0 Å².